The Kier molecular flexibility index (Phi) is 5.36. The molecular weight excluding hydrogens is 278 g/mol. The smallest absolute Gasteiger partial charge is 0.252 e. The third-order valence-electron chi connectivity index (χ3n) is 3.10. The quantitative estimate of drug-likeness (QED) is 0.824. The lowest BCUT2D eigenvalue weighted by molar-refractivity contribution is 0.100. The molecule has 0 radical (unpaired) electrons. The standard InChI is InChI=1S/C17H21N3O2/c1-12(2)11-22-16-6-4-3-5-13(16)9-20-15-7-8-19-10-14(15)17(18)21/h3-8,10,12H,9,11H2,1-2H3,(H2,18,21)(H,19,20). The van der Waals surface area contributed by atoms with Crippen LogP contribution in [0.4, 0.5) is 5.69 Å². The lowest BCUT2D eigenvalue weighted by Crippen LogP contribution is -2.15. The first-order chi connectivity index (χ1) is 10.6. The molecular formula is C17H21N3O2. The Morgan fingerprint density at radius 2 is 2.09 bits per heavy atom. The number of amides is 1. The number of nitrogens with two attached hydrogens (primary N) is 1. The van der Waals surface area contributed by atoms with E-state index in [9.17, 15) is 4.79 Å². The highest BCUT2D eigenvalue weighted by atomic mass is 16.5. The minimum atomic E-state index is -0.500. The van der Waals surface area contributed by atoms with E-state index in [0.717, 1.165) is 11.3 Å². The number of anilines is 1. The largest absolute Gasteiger partial charge is 0.493 e. The molecule has 0 fully saturated rings. The maximum Gasteiger partial charge on any atom is 0.252 e. The van der Waals surface area contributed by atoms with Gasteiger partial charge in [0.25, 0.3) is 5.91 Å². The molecule has 0 unspecified atom stereocenters. The zero-order valence-electron chi connectivity index (χ0n) is 12.9. The number of ether oxygens (including phenoxy) is 1. The van der Waals surface area contributed by atoms with E-state index in [1.807, 2.05) is 24.3 Å². The topological polar surface area (TPSA) is 77.2 Å². The van der Waals surface area contributed by atoms with Crippen LogP contribution in [0.5, 0.6) is 5.75 Å². The Labute approximate surface area is 130 Å². The number of carbonyl (C=O) groups is 1. The van der Waals surface area contributed by atoms with Crippen LogP contribution in [-0.4, -0.2) is 17.5 Å². The third kappa shape index (κ3) is 4.22. The number of aromatic nitrogens is 1. The summed E-state index contributed by atoms with van der Waals surface area (Å²) in [6.07, 6.45) is 3.09. The van der Waals surface area contributed by atoms with Gasteiger partial charge in [0, 0.05) is 24.5 Å². The Bertz CT molecular complexity index is 641. The minimum absolute atomic E-state index is 0.378. The summed E-state index contributed by atoms with van der Waals surface area (Å²) in [5.41, 5.74) is 7.42. The molecule has 0 saturated heterocycles. The van der Waals surface area contributed by atoms with Gasteiger partial charge >= 0.3 is 0 Å². The van der Waals surface area contributed by atoms with E-state index in [-0.39, 0.29) is 0 Å². The first-order valence-corrected chi connectivity index (χ1v) is 7.26. The SMILES string of the molecule is CC(C)COc1ccccc1CNc1ccncc1C(N)=O. The summed E-state index contributed by atoms with van der Waals surface area (Å²) in [5.74, 6) is 0.806. The van der Waals surface area contributed by atoms with Crippen LogP contribution in [0.1, 0.15) is 29.8 Å². The lowest BCUT2D eigenvalue weighted by atomic mass is 10.1. The van der Waals surface area contributed by atoms with Crippen LogP contribution < -0.4 is 15.8 Å². The summed E-state index contributed by atoms with van der Waals surface area (Å²) in [5, 5.41) is 3.22. The summed E-state index contributed by atoms with van der Waals surface area (Å²) < 4.78 is 5.82. The third-order valence-corrected chi connectivity index (χ3v) is 3.10. The molecule has 22 heavy (non-hydrogen) atoms. The summed E-state index contributed by atoms with van der Waals surface area (Å²) in [7, 11) is 0. The number of para-hydroxylation sites is 1. The number of nitrogens with zero attached hydrogens (tertiary/aromatic N) is 1. The molecule has 1 heterocycles. The van der Waals surface area contributed by atoms with Crippen molar-refractivity contribution in [3.05, 3.63) is 53.9 Å². The fraction of sp³-hybridized carbons (Fsp3) is 0.294. The van der Waals surface area contributed by atoms with Crippen molar-refractivity contribution in [2.75, 3.05) is 11.9 Å². The highest BCUT2D eigenvalue weighted by molar-refractivity contribution is 5.98. The van der Waals surface area contributed by atoms with Gasteiger partial charge in [-0.15, -0.1) is 0 Å². The first-order valence-electron chi connectivity index (χ1n) is 7.26. The number of primary amides is 1. The van der Waals surface area contributed by atoms with Gasteiger partial charge in [-0.25, -0.2) is 0 Å². The second-order valence-corrected chi connectivity index (χ2v) is 5.45. The normalized spacial score (nSPS) is 10.5. The van der Waals surface area contributed by atoms with Crippen LogP contribution in [0.3, 0.4) is 0 Å². The van der Waals surface area contributed by atoms with Crippen LogP contribution in [0.15, 0.2) is 42.7 Å². The summed E-state index contributed by atoms with van der Waals surface area (Å²) in [6.45, 7) is 5.42. The van der Waals surface area contributed by atoms with Crippen molar-refractivity contribution in [3.63, 3.8) is 0 Å². The van der Waals surface area contributed by atoms with Crippen molar-refractivity contribution in [2.24, 2.45) is 11.7 Å². The average Bonchev–Trinajstić information content (AvgIpc) is 2.51. The lowest BCUT2D eigenvalue weighted by Gasteiger charge is -2.15. The Hall–Kier alpha value is -2.56. The molecule has 0 saturated carbocycles. The summed E-state index contributed by atoms with van der Waals surface area (Å²) >= 11 is 0. The molecule has 1 amide bonds. The molecule has 3 N–H and O–H groups in total. The Balaban J connectivity index is 2.10. The number of benzene rings is 1. The van der Waals surface area contributed by atoms with Gasteiger partial charge in [0.15, 0.2) is 0 Å². The summed E-state index contributed by atoms with van der Waals surface area (Å²) in [4.78, 5) is 15.3. The van der Waals surface area contributed by atoms with Crippen molar-refractivity contribution in [1.82, 2.24) is 4.98 Å². The molecule has 0 aliphatic heterocycles. The molecule has 1 aromatic heterocycles. The zero-order chi connectivity index (χ0) is 15.9. The van der Waals surface area contributed by atoms with Gasteiger partial charge in [-0.3, -0.25) is 9.78 Å². The van der Waals surface area contributed by atoms with E-state index < -0.39 is 5.91 Å². The highest BCUT2D eigenvalue weighted by Gasteiger charge is 2.09. The van der Waals surface area contributed by atoms with Gasteiger partial charge < -0.3 is 15.8 Å². The van der Waals surface area contributed by atoms with E-state index in [0.29, 0.717) is 30.3 Å². The van der Waals surface area contributed by atoms with Gasteiger partial charge in [0.05, 0.1) is 17.9 Å². The van der Waals surface area contributed by atoms with Gasteiger partial charge in [-0.1, -0.05) is 32.0 Å². The van der Waals surface area contributed by atoms with Gasteiger partial charge in [-0.05, 0) is 18.1 Å². The van der Waals surface area contributed by atoms with E-state index in [1.54, 1.807) is 12.3 Å². The maximum atomic E-state index is 11.4. The molecule has 2 aromatic rings. The Morgan fingerprint density at radius 3 is 2.82 bits per heavy atom. The van der Waals surface area contributed by atoms with Crippen molar-refractivity contribution in [3.8, 4) is 5.75 Å². The van der Waals surface area contributed by atoms with E-state index in [2.05, 4.69) is 24.1 Å². The second-order valence-electron chi connectivity index (χ2n) is 5.45. The van der Waals surface area contributed by atoms with E-state index in [4.69, 9.17) is 10.5 Å². The summed E-state index contributed by atoms with van der Waals surface area (Å²) in [6, 6.07) is 9.58. The molecule has 116 valence electrons. The predicted molar refractivity (Wildman–Crippen MR) is 86.9 cm³/mol. The molecule has 2 rings (SSSR count). The van der Waals surface area contributed by atoms with E-state index >= 15 is 0 Å². The zero-order valence-corrected chi connectivity index (χ0v) is 12.9. The number of carbonyl (C=O) groups excluding carboxylic acids is 1. The number of nitrogens with one attached hydrogen (secondary N) is 1. The number of rotatable bonds is 7. The van der Waals surface area contributed by atoms with Crippen LogP contribution in [-0.2, 0) is 6.54 Å². The van der Waals surface area contributed by atoms with Crippen molar-refractivity contribution < 1.29 is 9.53 Å². The van der Waals surface area contributed by atoms with Gasteiger partial charge in [0.2, 0.25) is 0 Å². The average molecular weight is 299 g/mol. The first kappa shape index (κ1) is 15.8. The minimum Gasteiger partial charge on any atom is -0.493 e. The predicted octanol–water partition coefficient (Wildman–Crippen LogP) is 2.83. The monoisotopic (exact) mass is 299 g/mol. The highest BCUT2D eigenvalue weighted by Crippen LogP contribution is 2.21. The fourth-order valence-electron chi connectivity index (χ4n) is 1.98. The molecule has 0 aliphatic rings. The van der Waals surface area contributed by atoms with Crippen molar-refractivity contribution >= 4 is 11.6 Å². The van der Waals surface area contributed by atoms with Crippen LogP contribution in [0.2, 0.25) is 0 Å². The fourth-order valence-corrected chi connectivity index (χ4v) is 1.98. The molecule has 5 heteroatoms. The molecule has 0 spiro atoms. The van der Waals surface area contributed by atoms with E-state index in [1.165, 1.54) is 6.20 Å². The number of pyridine rings is 1. The van der Waals surface area contributed by atoms with Crippen molar-refractivity contribution in [1.29, 1.82) is 0 Å². The van der Waals surface area contributed by atoms with Crippen molar-refractivity contribution in [2.45, 2.75) is 20.4 Å². The molecule has 0 bridgehead atoms. The van der Waals surface area contributed by atoms with Crippen LogP contribution in [0.25, 0.3) is 0 Å². The van der Waals surface area contributed by atoms with Gasteiger partial charge in [-0.2, -0.15) is 0 Å². The molecule has 0 aliphatic carbocycles. The number of hydrogen-bond donors (Lipinski definition) is 2. The van der Waals surface area contributed by atoms with Gasteiger partial charge in [0.1, 0.15) is 5.75 Å². The Morgan fingerprint density at radius 1 is 1.32 bits per heavy atom. The molecule has 5 nitrogen and oxygen atoms in total. The number of hydrogen-bond acceptors (Lipinski definition) is 4. The maximum absolute atomic E-state index is 11.4. The van der Waals surface area contributed by atoms with Crippen LogP contribution >= 0.6 is 0 Å². The molecule has 1 aromatic carbocycles. The second kappa shape index (κ2) is 7.45. The van der Waals surface area contributed by atoms with Crippen LogP contribution in [0, 0.1) is 5.92 Å². The molecule has 0 atom stereocenters.